The molecule has 0 aliphatic rings. The topological polar surface area (TPSA) is 60.7 Å². The van der Waals surface area contributed by atoms with E-state index in [2.05, 4.69) is 22.6 Å². The molecule has 1 aromatic heterocycles. The van der Waals surface area contributed by atoms with Gasteiger partial charge in [0.15, 0.2) is 0 Å². The number of allylic oxidation sites excluding steroid dienone is 1. The summed E-state index contributed by atoms with van der Waals surface area (Å²) in [6.07, 6.45) is 1.43. The minimum Gasteiger partial charge on any atom is -0.457 e. The van der Waals surface area contributed by atoms with Crippen LogP contribution in [0.15, 0.2) is 46.4 Å². The van der Waals surface area contributed by atoms with Gasteiger partial charge in [-0.2, -0.15) is 10.5 Å². The van der Waals surface area contributed by atoms with Gasteiger partial charge in [0.05, 0.1) is 0 Å². The van der Waals surface area contributed by atoms with E-state index in [4.69, 9.17) is 14.9 Å². The van der Waals surface area contributed by atoms with Crippen LogP contribution in [0, 0.1) is 26.2 Å². The highest BCUT2D eigenvalue weighted by Gasteiger charge is 2.04. The van der Waals surface area contributed by atoms with Crippen LogP contribution in [0.25, 0.3) is 17.4 Å². The fourth-order valence-electron chi connectivity index (χ4n) is 1.43. The van der Waals surface area contributed by atoms with Crippen molar-refractivity contribution >= 4 is 28.7 Å². The number of hydrogen-bond donors (Lipinski definition) is 0. The zero-order chi connectivity index (χ0) is 13.0. The molecule has 0 N–H and O–H groups in total. The minimum atomic E-state index is 0.0264. The molecule has 0 amide bonds. The molecule has 1 heterocycles. The molecule has 0 unspecified atom stereocenters. The lowest BCUT2D eigenvalue weighted by Crippen LogP contribution is -1.74. The van der Waals surface area contributed by atoms with Gasteiger partial charge in [-0.05, 0) is 46.9 Å². The van der Waals surface area contributed by atoms with Gasteiger partial charge < -0.3 is 4.42 Å². The summed E-state index contributed by atoms with van der Waals surface area (Å²) in [5.41, 5.74) is 0.990. The smallest absolute Gasteiger partial charge is 0.134 e. The van der Waals surface area contributed by atoms with Gasteiger partial charge in [-0.3, -0.25) is 0 Å². The molecule has 0 saturated heterocycles. The number of nitriles is 2. The third-order valence-corrected chi connectivity index (χ3v) is 3.00. The first-order chi connectivity index (χ1) is 8.72. The normalized spacial score (nSPS) is 9.28. The van der Waals surface area contributed by atoms with Gasteiger partial charge in [-0.15, -0.1) is 0 Å². The van der Waals surface area contributed by atoms with Crippen molar-refractivity contribution in [1.29, 1.82) is 10.5 Å². The SMILES string of the molecule is N#CC(C#N)=Cc1ccc(-c2ccc(I)cc2)o1. The fourth-order valence-corrected chi connectivity index (χ4v) is 1.79. The van der Waals surface area contributed by atoms with Crippen LogP contribution in [-0.4, -0.2) is 0 Å². The number of nitrogens with zero attached hydrogens (tertiary/aromatic N) is 2. The van der Waals surface area contributed by atoms with Crippen molar-refractivity contribution in [2.75, 3.05) is 0 Å². The van der Waals surface area contributed by atoms with E-state index in [1.165, 1.54) is 6.08 Å². The molecule has 0 saturated carbocycles. The molecule has 0 aliphatic heterocycles. The molecule has 0 spiro atoms. The second-order valence-corrected chi connectivity index (χ2v) is 4.74. The molecule has 0 aliphatic carbocycles. The summed E-state index contributed by atoms with van der Waals surface area (Å²) in [4.78, 5) is 0. The number of halogens is 1. The van der Waals surface area contributed by atoms with Crippen molar-refractivity contribution in [1.82, 2.24) is 0 Å². The Kier molecular flexibility index (Phi) is 3.81. The Hall–Kier alpha value is -2.05. The zero-order valence-electron chi connectivity index (χ0n) is 9.22. The predicted molar refractivity (Wildman–Crippen MR) is 76.1 cm³/mol. The van der Waals surface area contributed by atoms with Crippen molar-refractivity contribution in [3.8, 4) is 23.5 Å². The Labute approximate surface area is 118 Å². The maximum Gasteiger partial charge on any atom is 0.134 e. The van der Waals surface area contributed by atoms with E-state index in [1.54, 1.807) is 18.2 Å². The highest BCUT2D eigenvalue weighted by molar-refractivity contribution is 14.1. The van der Waals surface area contributed by atoms with Gasteiger partial charge in [0.2, 0.25) is 0 Å². The summed E-state index contributed by atoms with van der Waals surface area (Å²) < 4.78 is 6.71. The van der Waals surface area contributed by atoms with E-state index in [9.17, 15) is 0 Å². The standard InChI is InChI=1S/C14H7IN2O/c15-12-3-1-11(2-4-12)14-6-5-13(18-14)7-10(8-16)9-17/h1-7H. The third kappa shape index (κ3) is 2.79. The van der Waals surface area contributed by atoms with Crippen molar-refractivity contribution < 1.29 is 4.42 Å². The Bertz CT molecular complexity index is 653. The summed E-state index contributed by atoms with van der Waals surface area (Å²) in [7, 11) is 0. The van der Waals surface area contributed by atoms with Crippen molar-refractivity contribution in [3.05, 3.63) is 51.3 Å². The summed E-state index contributed by atoms with van der Waals surface area (Å²) in [5.74, 6) is 1.22. The molecule has 4 heteroatoms. The van der Waals surface area contributed by atoms with Crippen LogP contribution < -0.4 is 0 Å². The average molecular weight is 346 g/mol. The van der Waals surface area contributed by atoms with Gasteiger partial charge in [0, 0.05) is 15.2 Å². The molecular weight excluding hydrogens is 339 g/mol. The van der Waals surface area contributed by atoms with Gasteiger partial charge in [-0.1, -0.05) is 12.1 Å². The largest absolute Gasteiger partial charge is 0.457 e. The number of furan rings is 1. The summed E-state index contributed by atoms with van der Waals surface area (Å²) in [6.45, 7) is 0. The van der Waals surface area contributed by atoms with Gasteiger partial charge in [-0.25, -0.2) is 0 Å². The molecule has 2 rings (SSSR count). The van der Waals surface area contributed by atoms with Crippen LogP contribution >= 0.6 is 22.6 Å². The quantitative estimate of drug-likeness (QED) is 0.610. The van der Waals surface area contributed by atoms with Gasteiger partial charge in [0.25, 0.3) is 0 Å². The monoisotopic (exact) mass is 346 g/mol. The molecule has 1 aromatic carbocycles. The number of rotatable bonds is 2. The van der Waals surface area contributed by atoms with Crippen LogP contribution in [-0.2, 0) is 0 Å². The second kappa shape index (κ2) is 5.52. The lowest BCUT2D eigenvalue weighted by atomic mass is 10.2. The molecule has 86 valence electrons. The molecule has 0 radical (unpaired) electrons. The van der Waals surface area contributed by atoms with Crippen LogP contribution in [0.3, 0.4) is 0 Å². The molecule has 0 bridgehead atoms. The van der Waals surface area contributed by atoms with Crippen LogP contribution in [0.2, 0.25) is 0 Å². The maximum absolute atomic E-state index is 8.66. The molecule has 0 atom stereocenters. The van der Waals surface area contributed by atoms with Crippen LogP contribution in [0.5, 0.6) is 0 Å². The first-order valence-corrected chi connectivity index (χ1v) is 6.18. The van der Waals surface area contributed by atoms with Crippen LogP contribution in [0.4, 0.5) is 0 Å². The Morgan fingerprint density at radius 2 is 1.72 bits per heavy atom. The minimum absolute atomic E-state index is 0.0264. The van der Waals surface area contributed by atoms with Gasteiger partial charge >= 0.3 is 0 Å². The number of benzene rings is 1. The molecule has 0 fully saturated rings. The lowest BCUT2D eigenvalue weighted by molar-refractivity contribution is 0.571. The second-order valence-electron chi connectivity index (χ2n) is 3.49. The van der Waals surface area contributed by atoms with E-state index in [0.717, 1.165) is 9.13 Å². The molecular formula is C14H7IN2O. The van der Waals surface area contributed by atoms with E-state index in [-0.39, 0.29) is 5.57 Å². The highest BCUT2D eigenvalue weighted by atomic mass is 127. The van der Waals surface area contributed by atoms with Gasteiger partial charge in [0.1, 0.15) is 29.2 Å². The lowest BCUT2D eigenvalue weighted by Gasteiger charge is -1.96. The van der Waals surface area contributed by atoms with E-state index >= 15 is 0 Å². The molecule has 3 nitrogen and oxygen atoms in total. The zero-order valence-corrected chi connectivity index (χ0v) is 11.4. The molecule has 2 aromatic rings. The maximum atomic E-state index is 8.66. The van der Waals surface area contributed by atoms with Crippen LogP contribution in [0.1, 0.15) is 5.76 Å². The van der Waals surface area contributed by atoms with E-state index < -0.39 is 0 Å². The highest BCUT2D eigenvalue weighted by Crippen LogP contribution is 2.24. The average Bonchev–Trinajstić information content (AvgIpc) is 2.85. The Morgan fingerprint density at radius 1 is 1.06 bits per heavy atom. The first kappa shape index (κ1) is 12.4. The Morgan fingerprint density at radius 3 is 2.33 bits per heavy atom. The number of hydrogen-bond acceptors (Lipinski definition) is 3. The first-order valence-electron chi connectivity index (χ1n) is 5.10. The fraction of sp³-hybridized carbons (Fsp3) is 0. The molecule has 18 heavy (non-hydrogen) atoms. The summed E-state index contributed by atoms with van der Waals surface area (Å²) in [6, 6.07) is 15.1. The predicted octanol–water partition coefficient (Wildman–Crippen LogP) is 3.98. The third-order valence-electron chi connectivity index (χ3n) is 2.28. The van der Waals surface area contributed by atoms with Crippen molar-refractivity contribution in [2.45, 2.75) is 0 Å². The van der Waals surface area contributed by atoms with Crippen molar-refractivity contribution in [3.63, 3.8) is 0 Å². The van der Waals surface area contributed by atoms with E-state index in [0.29, 0.717) is 11.5 Å². The summed E-state index contributed by atoms with van der Waals surface area (Å²) >= 11 is 2.23. The summed E-state index contributed by atoms with van der Waals surface area (Å²) in [5, 5.41) is 17.3. The van der Waals surface area contributed by atoms with E-state index in [1.807, 2.05) is 30.3 Å². The Balaban J connectivity index is 2.32. The van der Waals surface area contributed by atoms with Crippen molar-refractivity contribution in [2.24, 2.45) is 0 Å².